The Balaban J connectivity index is 1.41. The summed E-state index contributed by atoms with van der Waals surface area (Å²) >= 11 is 1.06. The molecule has 0 aliphatic heterocycles. The second-order valence-electron chi connectivity index (χ2n) is 5.21. The number of furan rings is 1. The Kier molecular flexibility index (Phi) is 3.87. The molecule has 2 heterocycles. The molecule has 0 radical (unpaired) electrons. The number of aromatic nitrogens is 2. The minimum Gasteiger partial charge on any atom is -0.450 e. The van der Waals surface area contributed by atoms with E-state index in [1.165, 1.54) is 0 Å². The van der Waals surface area contributed by atoms with Crippen molar-refractivity contribution in [1.29, 1.82) is 0 Å². The first-order valence-electron chi connectivity index (χ1n) is 7.37. The molecule has 8 heteroatoms. The van der Waals surface area contributed by atoms with Crippen molar-refractivity contribution in [2.75, 3.05) is 11.9 Å². The second kappa shape index (κ2) is 6.33. The van der Waals surface area contributed by atoms with Crippen molar-refractivity contribution < 1.29 is 18.7 Å². The Morgan fingerprint density at radius 1 is 1.12 bits per heavy atom. The SMILES string of the molecule is O=C(COC(=O)c1cc2ccccc2o1)Nc1cccc2nsnc12. The van der Waals surface area contributed by atoms with E-state index in [1.54, 1.807) is 30.3 Å². The zero-order chi connectivity index (χ0) is 17.2. The first-order valence-corrected chi connectivity index (χ1v) is 8.10. The summed E-state index contributed by atoms with van der Waals surface area (Å²) in [6.45, 7) is -0.427. The molecule has 0 aliphatic rings. The maximum absolute atomic E-state index is 12.0. The Morgan fingerprint density at radius 2 is 2.00 bits per heavy atom. The first-order chi connectivity index (χ1) is 12.2. The van der Waals surface area contributed by atoms with Crippen molar-refractivity contribution in [3.8, 4) is 0 Å². The van der Waals surface area contributed by atoms with Gasteiger partial charge in [-0.15, -0.1) is 0 Å². The van der Waals surface area contributed by atoms with E-state index in [0.29, 0.717) is 22.3 Å². The lowest BCUT2D eigenvalue weighted by molar-refractivity contribution is -0.119. The number of fused-ring (bicyclic) bond motifs is 2. The van der Waals surface area contributed by atoms with Crippen LogP contribution in [0.1, 0.15) is 10.6 Å². The molecule has 1 amide bonds. The van der Waals surface area contributed by atoms with Crippen LogP contribution >= 0.6 is 11.7 Å². The molecule has 2 aromatic heterocycles. The Hall–Kier alpha value is -3.26. The third-order valence-corrected chi connectivity index (χ3v) is 4.06. The van der Waals surface area contributed by atoms with Gasteiger partial charge in [-0.05, 0) is 24.3 Å². The number of carbonyl (C=O) groups is 2. The van der Waals surface area contributed by atoms with Crippen molar-refractivity contribution in [1.82, 2.24) is 8.75 Å². The van der Waals surface area contributed by atoms with Gasteiger partial charge in [-0.2, -0.15) is 8.75 Å². The van der Waals surface area contributed by atoms with Gasteiger partial charge >= 0.3 is 5.97 Å². The molecular formula is C17H11N3O4S. The number of carbonyl (C=O) groups excluding carboxylic acids is 2. The van der Waals surface area contributed by atoms with E-state index in [-0.39, 0.29) is 5.76 Å². The van der Waals surface area contributed by atoms with Crippen LogP contribution in [0.3, 0.4) is 0 Å². The van der Waals surface area contributed by atoms with Crippen LogP contribution in [0.4, 0.5) is 5.69 Å². The zero-order valence-corrected chi connectivity index (χ0v) is 13.6. The summed E-state index contributed by atoms with van der Waals surface area (Å²) in [6.07, 6.45) is 0. The molecule has 25 heavy (non-hydrogen) atoms. The van der Waals surface area contributed by atoms with Crippen LogP contribution < -0.4 is 5.32 Å². The van der Waals surface area contributed by atoms with E-state index in [4.69, 9.17) is 9.15 Å². The van der Waals surface area contributed by atoms with Crippen molar-refractivity contribution in [3.05, 3.63) is 54.3 Å². The number of hydrogen-bond donors (Lipinski definition) is 1. The van der Waals surface area contributed by atoms with Gasteiger partial charge in [-0.1, -0.05) is 24.3 Å². The first kappa shape index (κ1) is 15.3. The molecule has 0 saturated carbocycles. The quantitative estimate of drug-likeness (QED) is 0.566. The van der Waals surface area contributed by atoms with Crippen molar-refractivity contribution in [2.45, 2.75) is 0 Å². The number of hydrogen-bond acceptors (Lipinski definition) is 7. The van der Waals surface area contributed by atoms with Gasteiger partial charge < -0.3 is 14.5 Å². The summed E-state index contributed by atoms with van der Waals surface area (Å²) < 4.78 is 18.6. The van der Waals surface area contributed by atoms with Crippen LogP contribution in [0.15, 0.2) is 52.9 Å². The molecule has 0 bridgehead atoms. The molecule has 2 aromatic carbocycles. The van der Waals surface area contributed by atoms with E-state index in [9.17, 15) is 9.59 Å². The van der Waals surface area contributed by atoms with Crippen LogP contribution in [-0.4, -0.2) is 27.2 Å². The van der Waals surface area contributed by atoms with Crippen LogP contribution in [0, 0.1) is 0 Å². The van der Waals surface area contributed by atoms with Crippen LogP contribution in [0.5, 0.6) is 0 Å². The fourth-order valence-corrected chi connectivity index (χ4v) is 2.93. The zero-order valence-electron chi connectivity index (χ0n) is 12.8. The van der Waals surface area contributed by atoms with Gasteiger partial charge in [-0.3, -0.25) is 4.79 Å². The van der Waals surface area contributed by atoms with Gasteiger partial charge in [0.25, 0.3) is 5.91 Å². The second-order valence-corrected chi connectivity index (χ2v) is 5.74. The maximum Gasteiger partial charge on any atom is 0.374 e. The maximum atomic E-state index is 12.0. The predicted octanol–water partition coefficient (Wildman–Crippen LogP) is 3.23. The van der Waals surface area contributed by atoms with E-state index in [1.807, 2.05) is 18.2 Å². The molecule has 0 unspecified atom stereocenters. The molecule has 1 N–H and O–H groups in total. The molecule has 4 rings (SSSR count). The highest BCUT2D eigenvalue weighted by Crippen LogP contribution is 2.21. The van der Waals surface area contributed by atoms with E-state index < -0.39 is 18.5 Å². The lowest BCUT2D eigenvalue weighted by Gasteiger charge is -2.05. The molecule has 124 valence electrons. The van der Waals surface area contributed by atoms with E-state index in [0.717, 1.165) is 17.1 Å². The Bertz CT molecular complexity index is 1050. The summed E-state index contributed by atoms with van der Waals surface area (Å²) in [5, 5.41) is 3.45. The average Bonchev–Trinajstić information content (AvgIpc) is 3.26. The van der Waals surface area contributed by atoms with Gasteiger partial charge in [0.05, 0.1) is 17.4 Å². The van der Waals surface area contributed by atoms with E-state index >= 15 is 0 Å². The molecule has 0 aliphatic carbocycles. The fourth-order valence-electron chi connectivity index (χ4n) is 2.38. The fraction of sp³-hybridized carbons (Fsp3) is 0.0588. The topological polar surface area (TPSA) is 94.3 Å². The van der Waals surface area contributed by atoms with Gasteiger partial charge in [0, 0.05) is 5.39 Å². The number of benzene rings is 2. The molecule has 0 atom stereocenters. The number of para-hydroxylation sites is 1. The number of nitrogens with one attached hydrogen (secondary N) is 1. The predicted molar refractivity (Wildman–Crippen MR) is 92.5 cm³/mol. The minimum absolute atomic E-state index is 0.0554. The highest BCUT2D eigenvalue weighted by atomic mass is 32.1. The smallest absolute Gasteiger partial charge is 0.374 e. The standard InChI is InChI=1S/C17H11N3O4S/c21-15(18-11-5-3-6-12-16(11)20-25-19-12)9-23-17(22)14-8-10-4-1-2-7-13(10)24-14/h1-8H,9H2,(H,18,21). The van der Waals surface area contributed by atoms with Crippen LogP contribution in [0.25, 0.3) is 22.0 Å². The van der Waals surface area contributed by atoms with Gasteiger partial charge in [-0.25, -0.2) is 4.79 Å². The number of anilines is 1. The van der Waals surface area contributed by atoms with Gasteiger partial charge in [0.2, 0.25) is 5.76 Å². The lowest BCUT2D eigenvalue weighted by atomic mass is 10.2. The molecule has 0 spiro atoms. The summed E-state index contributed by atoms with van der Waals surface area (Å²) in [5.74, 6) is -1.11. The largest absolute Gasteiger partial charge is 0.450 e. The number of esters is 1. The number of rotatable bonds is 4. The molecule has 7 nitrogen and oxygen atoms in total. The van der Waals surface area contributed by atoms with Crippen molar-refractivity contribution in [3.63, 3.8) is 0 Å². The van der Waals surface area contributed by atoms with Gasteiger partial charge in [0.1, 0.15) is 16.6 Å². The van der Waals surface area contributed by atoms with E-state index in [2.05, 4.69) is 14.1 Å². The molecule has 4 aromatic rings. The summed E-state index contributed by atoms with van der Waals surface area (Å²) in [7, 11) is 0. The molecule has 0 saturated heterocycles. The summed E-state index contributed by atoms with van der Waals surface area (Å²) in [6, 6.07) is 14.1. The monoisotopic (exact) mass is 353 g/mol. The number of amides is 1. The van der Waals surface area contributed by atoms with Gasteiger partial charge in [0.15, 0.2) is 6.61 Å². The number of ether oxygens (including phenoxy) is 1. The lowest BCUT2D eigenvalue weighted by Crippen LogP contribution is -2.20. The highest BCUT2D eigenvalue weighted by molar-refractivity contribution is 7.00. The molecule has 0 fully saturated rings. The average molecular weight is 353 g/mol. The van der Waals surface area contributed by atoms with Crippen molar-refractivity contribution in [2.24, 2.45) is 0 Å². The van der Waals surface area contributed by atoms with Crippen LogP contribution in [-0.2, 0) is 9.53 Å². The highest BCUT2D eigenvalue weighted by Gasteiger charge is 2.16. The Labute approximate surface area is 145 Å². The normalized spacial score (nSPS) is 10.9. The molecular weight excluding hydrogens is 342 g/mol. The Morgan fingerprint density at radius 3 is 2.88 bits per heavy atom. The number of nitrogens with zero attached hydrogens (tertiary/aromatic N) is 2. The van der Waals surface area contributed by atoms with Crippen LogP contribution in [0.2, 0.25) is 0 Å². The summed E-state index contributed by atoms with van der Waals surface area (Å²) in [4.78, 5) is 24.0. The summed E-state index contributed by atoms with van der Waals surface area (Å²) in [5.41, 5.74) is 2.41. The minimum atomic E-state index is -0.695. The third kappa shape index (κ3) is 3.07. The van der Waals surface area contributed by atoms with Crippen molar-refractivity contribution >= 4 is 51.3 Å². The third-order valence-electron chi connectivity index (χ3n) is 3.52.